The molecule has 0 aliphatic carbocycles. The SMILES string of the molecule is CCCCCCc1nc2nc(OC)ccc2[nH]1. The number of ether oxygens (including phenoxy) is 1. The first-order valence-electron chi connectivity index (χ1n) is 6.23. The Bertz CT molecular complexity index is 478. The number of aromatic amines is 1. The van der Waals surface area contributed by atoms with Crippen LogP contribution in [0.3, 0.4) is 0 Å². The molecule has 0 saturated heterocycles. The average Bonchev–Trinajstić information content (AvgIpc) is 2.76. The topological polar surface area (TPSA) is 50.8 Å². The monoisotopic (exact) mass is 233 g/mol. The highest BCUT2D eigenvalue weighted by molar-refractivity contribution is 5.71. The molecule has 0 spiro atoms. The normalized spacial score (nSPS) is 10.9. The molecule has 0 saturated carbocycles. The van der Waals surface area contributed by atoms with Crippen molar-refractivity contribution in [2.45, 2.75) is 39.0 Å². The van der Waals surface area contributed by atoms with Gasteiger partial charge >= 0.3 is 0 Å². The van der Waals surface area contributed by atoms with Crippen LogP contribution < -0.4 is 4.74 Å². The summed E-state index contributed by atoms with van der Waals surface area (Å²) in [4.78, 5) is 12.1. The van der Waals surface area contributed by atoms with E-state index in [-0.39, 0.29) is 0 Å². The summed E-state index contributed by atoms with van der Waals surface area (Å²) in [7, 11) is 1.62. The minimum atomic E-state index is 0.613. The highest BCUT2D eigenvalue weighted by Gasteiger charge is 2.04. The van der Waals surface area contributed by atoms with Crippen molar-refractivity contribution in [2.24, 2.45) is 0 Å². The molecule has 17 heavy (non-hydrogen) atoms. The van der Waals surface area contributed by atoms with Crippen LogP contribution in [0.2, 0.25) is 0 Å². The van der Waals surface area contributed by atoms with Crippen molar-refractivity contribution in [1.29, 1.82) is 0 Å². The zero-order chi connectivity index (χ0) is 12.1. The Hall–Kier alpha value is -1.58. The lowest BCUT2D eigenvalue weighted by molar-refractivity contribution is 0.399. The maximum absolute atomic E-state index is 5.08. The molecule has 0 atom stereocenters. The second-order valence-electron chi connectivity index (χ2n) is 4.22. The van der Waals surface area contributed by atoms with Gasteiger partial charge in [0.2, 0.25) is 5.88 Å². The summed E-state index contributed by atoms with van der Waals surface area (Å²) in [6.45, 7) is 2.22. The fourth-order valence-corrected chi connectivity index (χ4v) is 1.88. The number of nitrogens with zero attached hydrogens (tertiary/aromatic N) is 2. The molecule has 0 bridgehead atoms. The molecule has 0 aliphatic heterocycles. The fraction of sp³-hybridized carbons (Fsp3) is 0.538. The van der Waals surface area contributed by atoms with Crippen LogP contribution in [0.25, 0.3) is 11.2 Å². The molecule has 2 rings (SSSR count). The molecule has 0 amide bonds. The largest absolute Gasteiger partial charge is 0.481 e. The van der Waals surface area contributed by atoms with Gasteiger partial charge in [0.1, 0.15) is 5.82 Å². The Kier molecular flexibility index (Phi) is 3.96. The summed E-state index contributed by atoms with van der Waals surface area (Å²) in [5, 5.41) is 0. The molecule has 2 heterocycles. The highest BCUT2D eigenvalue weighted by atomic mass is 16.5. The maximum Gasteiger partial charge on any atom is 0.215 e. The van der Waals surface area contributed by atoms with E-state index >= 15 is 0 Å². The molecule has 92 valence electrons. The van der Waals surface area contributed by atoms with E-state index in [1.165, 1.54) is 25.7 Å². The third kappa shape index (κ3) is 2.96. The van der Waals surface area contributed by atoms with Crippen LogP contribution in [0.4, 0.5) is 0 Å². The van der Waals surface area contributed by atoms with Gasteiger partial charge in [-0.3, -0.25) is 0 Å². The Morgan fingerprint density at radius 3 is 2.82 bits per heavy atom. The van der Waals surface area contributed by atoms with E-state index in [1.54, 1.807) is 7.11 Å². The van der Waals surface area contributed by atoms with Crippen LogP contribution in [0.1, 0.15) is 38.4 Å². The van der Waals surface area contributed by atoms with Crippen LogP contribution in [-0.2, 0) is 6.42 Å². The van der Waals surface area contributed by atoms with Gasteiger partial charge in [-0.15, -0.1) is 0 Å². The van der Waals surface area contributed by atoms with Gasteiger partial charge in [-0.2, -0.15) is 4.98 Å². The standard InChI is InChI=1S/C13H19N3O/c1-3-4-5-6-7-11-14-10-8-9-12(17-2)16-13(10)15-11/h8-9H,3-7H2,1-2H3,(H,14,15,16). The number of unbranched alkanes of at least 4 members (excludes halogenated alkanes) is 3. The van der Waals surface area contributed by atoms with Crippen molar-refractivity contribution < 1.29 is 4.74 Å². The third-order valence-electron chi connectivity index (χ3n) is 2.85. The van der Waals surface area contributed by atoms with Gasteiger partial charge in [-0.1, -0.05) is 26.2 Å². The first kappa shape index (κ1) is 11.9. The van der Waals surface area contributed by atoms with Crippen LogP contribution in [0.15, 0.2) is 12.1 Å². The number of H-pyrrole nitrogens is 1. The van der Waals surface area contributed by atoms with Gasteiger partial charge in [0, 0.05) is 12.5 Å². The van der Waals surface area contributed by atoms with Crippen LogP contribution in [-0.4, -0.2) is 22.1 Å². The predicted octanol–water partition coefficient (Wildman–Crippen LogP) is 3.09. The smallest absolute Gasteiger partial charge is 0.215 e. The van der Waals surface area contributed by atoms with Crippen molar-refractivity contribution in [1.82, 2.24) is 15.0 Å². The molecule has 0 radical (unpaired) electrons. The molecule has 0 unspecified atom stereocenters. The van der Waals surface area contributed by atoms with E-state index in [1.807, 2.05) is 12.1 Å². The lowest BCUT2D eigenvalue weighted by Gasteiger charge is -1.95. The summed E-state index contributed by atoms with van der Waals surface area (Å²) in [5.41, 5.74) is 1.73. The molecule has 2 aromatic rings. The van der Waals surface area contributed by atoms with E-state index in [2.05, 4.69) is 21.9 Å². The number of aryl methyl sites for hydroxylation is 1. The number of hydrogen-bond acceptors (Lipinski definition) is 3. The van der Waals surface area contributed by atoms with Crippen LogP contribution >= 0.6 is 0 Å². The summed E-state index contributed by atoms with van der Waals surface area (Å²) >= 11 is 0. The molecule has 0 fully saturated rings. The van der Waals surface area contributed by atoms with Gasteiger partial charge in [0.25, 0.3) is 0 Å². The summed E-state index contributed by atoms with van der Waals surface area (Å²) in [6.07, 6.45) is 6.01. The van der Waals surface area contributed by atoms with E-state index in [9.17, 15) is 0 Å². The Balaban J connectivity index is 2.04. The summed E-state index contributed by atoms with van der Waals surface area (Å²) in [5.74, 6) is 1.64. The lowest BCUT2D eigenvalue weighted by Crippen LogP contribution is -1.88. The van der Waals surface area contributed by atoms with Crippen molar-refractivity contribution >= 4 is 11.2 Å². The number of imidazole rings is 1. The van der Waals surface area contributed by atoms with E-state index in [4.69, 9.17) is 4.74 Å². The number of fused-ring (bicyclic) bond motifs is 1. The minimum Gasteiger partial charge on any atom is -0.481 e. The average molecular weight is 233 g/mol. The second kappa shape index (κ2) is 5.66. The van der Waals surface area contributed by atoms with Crippen molar-refractivity contribution in [3.8, 4) is 5.88 Å². The molecular formula is C13H19N3O. The van der Waals surface area contributed by atoms with Crippen molar-refractivity contribution in [2.75, 3.05) is 7.11 Å². The van der Waals surface area contributed by atoms with Crippen LogP contribution in [0.5, 0.6) is 5.88 Å². The molecule has 0 aliphatic rings. The third-order valence-corrected chi connectivity index (χ3v) is 2.85. The van der Waals surface area contributed by atoms with Gasteiger partial charge in [0.15, 0.2) is 5.65 Å². The lowest BCUT2D eigenvalue weighted by atomic mass is 10.1. The first-order chi connectivity index (χ1) is 8.33. The van der Waals surface area contributed by atoms with Gasteiger partial charge in [-0.25, -0.2) is 4.98 Å². The van der Waals surface area contributed by atoms with Crippen molar-refractivity contribution in [3.05, 3.63) is 18.0 Å². The van der Waals surface area contributed by atoms with E-state index in [0.29, 0.717) is 5.88 Å². The zero-order valence-electron chi connectivity index (χ0n) is 10.5. The number of pyridine rings is 1. The number of methoxy groups -OCH3 is 1. The second-order valence-corrected chi connectivity index (χ2v) is 4.22. The number of hydrogen-bond donors (Lipinski definition) is 1. The number of aromatic nitrogens is 3. The zero-order valence-corrected chi connectivity index (χ0v) is 10.5. The quantitative estimate of drug-likeness (QED) is 0.780. The summed E-state index contributed by atoms with van der Waals surface area (Å²) in [6, 6.07) is 3.81. The van der Waals surface area contributed by atoms with Gasteiger partial charge in [0.05, 0.1) is 12.6 Å². The molecule has 2 aromatic heterocycles. The minimum absolute atomic E-state index is 0.613. The van der Waals surface area contributed by atoms with E-state index in [0.717, 1.165) is 23.4 Å². The first-order valence-corrected chi connectivity index (χ1v) is 6.23. The molecular weight excluding hydrogens is 214 g/mol. The number of nitrogens with one attached hydrogen (secondary N) is 1. The van der Waals surface area contributed by atoms with Crippen molar-refractivity contribution in [3.63, 3.8) is 0 Å². The van der Waals surface area contributed by atoms with E-state index < -0.39 is 0 Å². The van der Waals surface area contributed by atoms with Gasteiger partial charge in [-0.05, 0) is 12.5 Å². The van der Waals surface area contributed by atoms with Gasteiger partial charge < -0.3 is 9.72 Å². The molecule has 4 nitrogen and oxygen atoms in total. The number of rotatable bonds is 6. The predicted molar refractivity (Wildman–Crippen MR) is 68.3 cm³/mol. The highest BCUT2D eigenvalue weighted by Crippen LogP contribution is 2.15. The maximum atomic E-state index is 5.08. The van der Waals surface area contributed by atoms with Crippen LogP contribution in [0, 0.1) is 0 Å². The molecule has 4 heteroatoms. The Morgan fingerprint density at radius 1 is 1.18 bits per heavy atom. The fourth-order valence-electron chi connectivity index (χ4n) is 1.88. The Morgan fingerprint density at radius 2 is 2.06 bits per heavy atom. The Labute approximate surface area is 101 Å². The molecule has 0 aromatic carbocycles. The molecule has 1 N–H and O–H groups in total. The summed E-state index contributed by atoms with van der Waals surface area (Å²) < 4.78 is 5.08.